The molecule has 0 aliphatic carbocycles. The molecule has 0 saturated heterocycles. The van der Waals surface area contributed by atoms with Gasteiger partial charge in [-0.25, -0.2) is 9.59 Å². The van der Waals surface area contributed by atoms with Crippen molar-refractivity contribution < 1.29 is 28.3 Å². The van der Waals surface area contributed by atoms with E-state index in [1.54, 1.807) is 24.3 Å². The van der Waals surface area contributed by atoms with Gasteiger partial charge in [0.05, 0.1) is 7.11 Å². The van der Waals surface area contributed by atoms with Gasteiger partial charge in [-0.3, -0.25) is 9.59 Å². The van der Waals surface area contributed by atoms with Gasteiger partial charge in [0.25, 0.3) is 0 Å². The maximum absolute atomic E-state index is 13.8. The Hall–Kier alpha value is -4.08. The summed E-state index contributed by atoms with van der Waals surface area (Å²) in [6.45, 7) is 1.05. The Morgan fingerprint density at radius 2 is 1.93 bits per heavy atom. The van der Waals surface area contributed by atoms with Crippen molar-refractivity contribution in [3.63, 3.8) is 0 Å². The maximum Gasteiger partial charge on any atom is 0.344 e. The predicted octanol–water partition coefficient (Wildman–Crippen LogP) is -0.198. The summed E-state index contributed by atoms with van der Waals surface area (Å²) in [6, 6.07) is 7.78. The minimum atomic E-state index is -2.02. The average Bonchev–Trinajstić information content (AvgIpc) is 2.90. The number of benzene rings is 1. The molecule has 0 fully saturated rings. The Bertz CT molecular complexity index is 1210. The normalized spacial score (nSPS) is 19.4. The number of hydrogen-bond donors (Lipinski definition) is 2. The molecule has 3 heterocycles. The summed E-state index contributed by atoms with van der Waals surface area (Å²) in [5.74, 6) is -2.74. The fourth-order valence-electron chi connectivity index (χ4n) is 4.09. The third-order valence-corrected chi connectivity index (χ3v) is 5.12. The van der Waals surface area contributed by atoms with E-state index in [0.717, 1.165) is 12.0 Å². The number of fused-ring (bicyclic) bond motifs is 4. The second-order valence-corrected chi connectivity index (χ2v) is 6.84. The Labute approximate surface area is 169 Å². The molecule has 2 aromatic rings. The van der Waals surface area contributed by atoms with Crippen LogP contribution < -0.4 is 26.7 Å². The number of nitrogens with zero attached hydrogens (tertiary/aromatic N) is 1. The van der Waals surface area contributed by atoms with E-state index in [9.17, 15) is 19.2 Å². The average molecular weight is 411 g/mol. The summed E-state index contributed by atoms with van der Waals surface area (Å²) in [4.78, 5) is 52.3. The van der Waals surface area contributed by atoms with E-state index in [0.29, 0.717) is 5.69 Å². The van der Waals surface area contributed by atoms with Crippen molar-refractivity contribution in [1.82, 2.24) is 0 Å². The van der Waals surface area contributed by atoms with Crippen LogP contribution in [0.4, 0.5) is 5.69 Å². The van der Waals surface area contributed by atoms with Crippen molar-refractivity contribution in [1.29, 1.82) is 0 Å². The molecule has 10 heteroatoms. The SMILES string of the molecule is COC(=O)C1=C(N)Oc2cc(C)oc(=O)c2C12C(=O)N(CC(N)=O)c1ccccc12. The van der Waals surface area contributed by atoms with E-state index >= 15 is 0 Å². The second kappa shape index (κ2) is 6.48. The quantitative estimate of drug-likeness (QED) is 0.658. The van der Waals surface area contributed by atoms with Crippen LogP contribution in [-0.2, 0) is 24.5 Å². The zero-order valence-corrected chi connectivity index (χ0v) is 16.1. The zero-order valence-electron chi connectivity index (χ0n) is 16.1. The van der Waals surface area contributed by atoms with Crippen LogP contribution in [0.15, 0.2) is 51.0 Å². The summed E-state index contributed by atoms with van der Waals surface area (Å²) in [5, 5.41) is 0. The van der Waals surface area contributed by atoms with Crippen LogP contribution in [0.1, 0.15) is 16.9 Å². The molecule has 1 aromatic heterocycles. The number of carbonyl (C=O) groups excluding carboxylic acids is 3. The molecule has 30 heavy (non-hydrogen) atoms. The van der Waals surface area contributed by atoms with Crippen LogP contribution in [0.25, 0.3) is 0 Å². The highest BCUT2D eigenvalue weighted by atomic mass is 16.5. The molecule has 1 aromatic carbocycles. The van der Waals surface area contributed by atoms with Crippen molar-refractivity contribution in [3.05, 3.63) is 69.1 Å². The van der Waals surface area contributed by atoms with Gasteiger partial charge >= 0.3 is 11.6 Å². The van der Waals surface area contributed by atoms with Crippen LogP contribution >= 0.6 is 0 Å². The lowest BCUT2D eigenvalue weighted by Crippen LogP contribution is -2.51. The number of carbonyl (C=O) groups is 3. The van der Waals surface area contributed by atoms with E-state index in [1.165, 1.54) is 13.0 Å². The number of anilines is 1. The van der Waals surface area contributed by atoms with E-state index in [-0.39, 0.29) is 28.2 Å². The van der Waals surface area contributed by atoms with Crippen molar-refractivity contribution in [2.24, 2.45) is 11.5 Å². The van der Waals surface area contributed by atoms with Crippen LogP contribution in [0, 0.1) is 6.92 Å². The highest BCUT2D eigenvalue weighted by molar-refractivity contribution is 6.19. The minimum absolute atomic E-state index is 0.0296. The first-order valence-corrected chi connectivity index (χ1v) is 8.84. The molecule has 10 nitrogen and oxygen atoms in total. The monoisotopic (exact) mass is 411 g/mol. The van der Waals surface area contributed by atoms with Gasteiger partial charge in [-0.15, -0.1) is 0 Å². The van der Waals surface area contributed by atoms with Gasteiger partial charge in [-0.2, -0.15) is 0 Å². The molecular weight excluding hydrogens is 394 g/mol. The van der Waals surface area contributed by atoms with Crippen molar-refractivity contribution in [2.45, 2.75) is 12.3 Å². The third-order valence-electron chi connectivity index (χ3n) is 5.12. The Morgan fingerprint density at radius 1 is 1.23 bits per heavy atom. The van der Waals surface area contributed by atoms with Gasteiger partial charge in [0.1, 0.15) is 34.6 Å². The van der Waals surface area contributed by atoms with Gasteiger partial charge < -0.3 is 30.3 Å². The summed E-state index contributed by atoms with van der Waals surface area (Å²) in [7, 11) is 1.11. The maximum atomic E-state index is 13.8. The molecule has 0 radical (unpaired) electrons. The van der Waals surface area contributed by atoms with Crippen molar-refractivity contribution in [2.75, 3.05) is 18.6 Å². The van der Waals surface area contributed by atoms with Crippen LogP contribution in [0.5, 0.6) is 5.75 Å². The molecular formula is C20H17N3O7. The zero-order chi connectivity index (χ0) is 21.8. The highest BCUT2D eigenvalue weighted by Crippen LogP contribution is 2.54. The lowest BCUT2D eigenvalue weighted by atomic mass is 9.69. The molecule has 1 atom stereocenters. The summed E-state index contributed by atoms with van der Waals surface area (Å²) < 4.78 is 15.6. The van der Waals surface area contributed by atoms with Gasteiger partial charge in [0.2, 0.25) is 17.7 Å². The van der Waals surface area contributed by atoms with E-state index in [2.05, 4.69) is 0 Å². The number of para-hydroxylation sites is 1. The van der Waals surface area contributed by atoms with Crippen molar-refractivity contribution >= 4 is 23.5 Å². The number of hydrogen-bond acceptors (Lipinski definition) is 8. The van der Waals surface area contributed by atoms with Gasteiger partial charge in [0.15, 0.2) is 0 Å². The summed E-state index contributed by atoms with van der Waals surface area (Å²) in [5.41, 5.74) is 8.42. The number of primary amides is 1. The first-order valence-electron chi connectivity index (χ1n) is 8.84. The molecule has 0 saturated carbocycles. The largest absolute Gasteiger partial charge is 0.465 e. The minimum Gasteiger partial charge on any atom is -0.465 e. The number of aryl methyl sites for hydroxylation is 1. The van der Waals surface area contributed by atoms with Crippen LogP contribution in [0.3, 0.4) is 0 Å². The molecule has 1 unspecified atom stereocenters. The van der Waals surface area contributed by atoms with E-state index < -0.39 is 41.3 Å². The standard InChI is InChI=1S/C20H17N3O7/c1-9-7-12-14(18(26)29-9)20(15(16(22)30-12)17(25)28-2)10-5-3-4-6-11(10)23(19(20)27)8-13(21)24/h3-7H,8,22H2,1-2H3,(H2,21,24). The molecule has 4 N–H and O–H groups in total. The lowest BCUT2D eigenvalue weighted by molar-refractivity contribution is -0.138. The molecule has 154 valence electrons. The second-order valence-electron chi connectivity index (χ2n) is 6.84. The van der Waals surface area contributed by atoms with Crippen molar-refractivity contribution in [3.8, 4) is 5.75 Å². The highest BCUT2D eigenvalue weighted by Gasteiger charge is 2.62. The fourth-order valence-corrected chi connectivity index (χ4v) is 4.09. The third kappa shape index (κ3) is 2.36. The number of ether oxygens (including phenoxy) is 2. The lowest BCUT2D eigenvalue weighted by Gasteiger charge is -2.34. The van der Waals surface area contributed by atoms with E-state index in [1.807, 2.05) is 0 Å². The van der Waals surface area contributed by atoms with Gasteiger partial charge in [-0.1, -0.05) is 18.2 Å². The number of nitrogens with two attached hydrogens (primary N) is 2. The Balaban J connectivity index is 2.18. The summed E-state index contributed by atoms with van der Waals surface area (Å²) in [6.07, 6.45) is 0. The smallest absolute Gasteiger partial charge is 0.344 e. The van der Waals surface area contributed by atoms with Gasteiger partial charge in [0, 0.05) is 17.3 Å². The molecule has 0 bridgehead atoms. The number of amides is 2. The Morgan fingerprint density at radius 3 is 2.60 bits per heavy atom. The molecule has 2 aliphatic rings. The predicted molar refractivity (Wildman–Crippen MR) is 102 cm³/mol. The van der Waals surface area contributed by atoms with E-state index in [4.69, 9.17) is 25.4 Å². The van der Waals surface area contributed by atoms with Gasteiger partial charge in [-0.05, 0) is 13.0 Å². The topological polar surface area (TPSA) is 155 Å². The summed E-state index contributed by atoms with van der Waals surface area (Å²) >= 11 is 0. The molecule has 4 rings (SSSR count). The Kier molecular flexibility index (Phi) is 4.15. The first-order chi connectivity index (χ1) is 14.2. The number of methoxy groups -OCH3 is 1. The number of rotatable bonds is 3. The first kappa shape index (κ1) is 19.2. The molecule has 2 aliphatic heterocycles. The molecule has 2 amide bonds. The fraction of sp³-hybridized carbons (Fsp3) is 0.200. The van der Waals surface area contributed by atoms with Crippen LogP contribution in [0.2, 0.25) is 0 Å². The molecule has 1 spiro atoms. The van der Waals surface area contributed by atoms with Crippen LogP contribution in [-0.4, -0.2) is 31.4 Å². The number of esters is 1.